The highest BCUT2D eigenvalue weighted by Gasteiger charge is 2.11. The first-order chi connectivity index (χ1) is 13.4. The fourth-order valence-electron chi connectivity index (χ4n) is 3.31. The number of fused-ring (bicyclic) bond motifs is 1. The van der Waals surface area contributed by atoms with Crippen LogP contribution in [0.25, 0.3) is 21.9 Å². The Morgan fingerprint density at radius 2 is 1.79 bits per heavy atom. The number of nitrogen functional groups attached to an aromatic ring is 2. The van der Waals surface area contributed by atoms with Crippen molar-refractivity contribution in [3.05, 3.63) is 87.6 Å². The minimum Gasteiger partial charge on any atom is -0.397 e. The van der Waals surface area contributed by atoms with Gasteiger partial charge in [0.15, 0.2) is 0 Å². The van der Waals surface area contributed by atoms with Crippen molar-refractivity contribution in [2.75, 3.05) is 11.5 Å². The van der Waals surface area contributed by atoms with Gasteiger partial charge in [0.1, 0.15) is 5.82 Å². The Bertz CT molecular complexity index is 1260. The predicted octanol–water partition coefficient (Wildman–Crippen LogP) is 3.79. The Morgan fingerprint density at radius 3 is 2.57 bits per heavy atom. The van der Waals surface area contributed by atoms with Gasteiger partial charge in [-0.15, -0.1) is 0 Å². The maximum absolute atomic E-state index is 14.4. The van der Waals surface area contributed by atoms with Crippen LogP contribution >= 0.6 is 0 Å². The lowest BCUT2D eigenvalue weighted by Gasteiger charge is -2.10. The van der Waals surface area contributed by atoms with Crippen molar-refractivity contribution in [3.63, 3.8) is 0 Å². The summed E-state index contributed by atoms with van der Waals surface area (Å²) in [6.07, 6.45) is 0.452. The molecule has 140 valence electrons. The van der Waals surface area contributed by atoms with Crippen LogP contribution in [0.2, 0.25) is 0 Å². The number of aromatic nitrogens is 2. The number of nitrogens with one attached hydrogen (secondary N) is 1. The molecule has 5 N–H and O–H groups in total. The molecule has 4 aromatic rings. The molecule has 0 saturated carbocycles. The minimum absolute atomic E-state index is 0.223. The topological polar surface area (TPSA) is 97.8 Å². The predicted molar refractivity (Wildman–Crippen MR) is 111 cm³/mol. The van der Waals surface area contributed by atoms with Crippen molar-refractivity contribution in [2.45, 2.75) is 13.3 Å². The van der Waals surface area contributed by atoms with E-state index in [1.165, 1.54) is 6.07 Å². The Morgan fingerprint density at radius 1 is 0.964 bits per heavy atom. The number of aromatic amines is 1. The first kappa shape index (κ1) is 17.7. The largest absolute Gasteiger partial charge is 0.397 e. The van der Waals surface area contributed by atoms with E-state index in [2.05, 4.69) is 10.2 Å². The number of hydrogen-bond donors (Lipinski definition) is 3. The second-order valence-corrected chi connectivity index (χ2v) is 6.88. The summed E-state index contributed by atoms with van der Waals surface area (Å²) in [7, 11) is 0. The number of nitrogens with zero attached hydrogens (tertiary/aromatic N) is 1. The Hall–Kier alpha value is -3.67. The number of hydrogen-bond acceptors (Lipinski definition) is 4. The zero-order chi connectivity index (χ0) is 19.8. The number of benzene rings is 3. The highest BCUT2D eigenvalue weighted by atomic mass is 19.1. The lowest BCUT2D eigenvalue weighted by molar-refractivity contribution is 0.630. The van der Waals surface area contributed by atoms with Crippen LogP contribution in [-0.4, -0.2) is 10.2 Å². The van der Waals surface area contributed by atoms with Gasteiger partial charge in [0.25, 0.3) is 5.56 Å². The minimum atomic E-state index is -0.345. The fraction of sp³-hybridized carbons (Fsp3) is 0.0909. The van der Waals surface area contributed by atoms with E-state index < -0.39 is 0 Å². The van der Waals surface area contributed by atoms with E-state index in [0.717, 1.165) is 22.2 Å². The molecule has 0 unspecified atom stereocenters. The van der Waals surface area contributed by atoms with E-state index in [1.807, 2.05) is 25.1 Å². The monoisotopic (exact) mass is 374 g/mol. The third-order valence-electron chi connectivity index (χ3n) is 4.82. The van der Waals surface area contributed by atoms with E-state index >= 15 is 0 Å². The molecule has 28 heavy (non-hydrogen) atoms. The number of H-pyrrole nitrogens is 1. The van der Waals surface area contributed by atoms with E-state index in [-0.39, 0.29) is 11.4 Å². The van der Waals surface area contributed by atoms with Gasteiger partial charge in [0, 0.05) is 17.4 Å². The molecule has 5 nitrogen and oxygen atoms in total. The summed E-state index contributed by atoms with van der Waals surface area (Å²) >= 11 is 0. The summed E-state index contributed by atoms with van der Waals surface area (Å²) in [6.45, 7) is 1.93. The molecule has 0 bridgehead atoms. The molecule has 0 radical (unpaired) electrons. The summed E-state index contributed by atoms with van der Waals surface area (Å²) in [5, 5.41) is 8.15. The maximum atomic E-state index is 14.4. The lowest BCUT2D eigenvalue weighted by Crippen LogP contribution is -2.11. The number of aryl methyl sites for hydroxylation is 1. The van der Waals surface area contributed by atoms with Gasteiger partial charge in [0.2, 0.25) is 0 Å². The van der Waals surface area contributed by atoms with Crippen LogP contribution in [0, 0.1) is 12.7 Å². The molecule has 0 saturated heterocycles. The highest BCUT2D eigenvalue weighted by molar-refractivity contribution is 5.84. The number of nitrogens with two attached hydrogens (primary N) is 2. The summed E-state index contributed by atoms with van der Waals surface area (Å²) < 4.78 is 14.4. The van der Waals surface area contributed by atoms with Gasteiger partial charge in [-0.2, -0.15) is 5.10 Å². The Balaban J connectivity index is 1.78. The fourth-order valence-corrected chi connectivity index (χ4v) is 3.31. The Labute approximate surface area is 160 Å². The molecule has 0 aliphatic carbocycles. The molecule has 0 amide bonds. The van der Waals surface area contributed by atoms with Crippen LogP contribution in [-0.2, 0) is 6.42 Å². The van der Waals surface area contributed by atoms with Crippen molar-refractivity contribution in [1.29, 1.82) is 0 Å². The summed E-state index contributed by atoms with van der Waals surface area (Å²) in [4.78, 5) is 12.1. The molecule has 1 aromatic heterocycles. The third-order valence-corrected chi connectivity index (χ3v) is 4.82. The van der Waals surface area contributed by atoms with Crippen LogP contribution in [0.1, 0.15) is 16.8 Å². The molecule has 0 spiro atoms. The van der Waals surface area contributed by atoms with Gasteiger partial charge >= 0.3 is 0 Å². The molecular formula is C22H19FN4O. The number of halogens is 1. The van der Waals surface area contributed by atoms with Gasteiger partial charge in [-0.05, 0) is 48.4 Å². The summed E-state index contributed by atoms with van der Waals surface area (Å²) in [6, 6.07) is 15.7. The first-order valence-corrected chi connectivity index (χ1v) is 8.84. The average Bonchev–Trinajstić information content (AvgIpc) is 2.68. The van der Waals surface area contributed by atoms with Crippen molar-refractivity contribution >= 4 is 22.1 Å². The van der Waals surface area contributed by atoms with Gasteiger partial charge in [-0.3, -0.25) is 4.79 Å². The SMILES string of the molecule is Cc1ccc2c(Cc3ccc(F)c(-c4ccc(N)c(N)c4)c3)n[nH]c(=O)c2c1. The van der Waals surface area contributed by atoms with E-state index in [9.17, 15) is 9.18 Å². The zero-order valence-electron chi connectivity index (χ0n) is 15.3. The van der Waals surface area contributed by atoms with Crippen molar-refractivity contribution in [1.82, 2.24) is 10.2 Å². The van der Waals surface area contributed by atoms with Crippen LogP contribution in [0.4, 0.5) is 15.8 Å². The summed E-state index contributed by atoms with van der Waals surface area (Å²) in [5.74, 6) is -0.345. The quantitative estimate of drug-likeness (QED) is 0.475. The number of anilines is 2. The van der Waals surface area contributed by atoms with Gasteiger partial charge in [-0.1, -0.05) is 29.8 Å². The normalized spacial score (nSPS) is 11.1. The van der Waals surface area contributed by atoms with Crippen molar-refractivity contribution < 1.29 is 4.39 Å². The van der Waals surface area contributed by atoms with Crippen LogP contribution in [0.3, 0.4) is 0 Å². The Kier molecular flexibility index (Phi) is 4.31. The van der Waals surface area contributed by atoms with E-state index in [1.54, 1.807) is 30.3 Å². The zero-order valence-corrected chi connectivity index (χ0v) is 15.3. The molecule has 1 heterocycles. The second kappa shape index (κ2) is 6.81. The van der Waals surface area contributed by atoms with Gasteiger partial charge in [-0.25, -0.2) is 9.49 Å². The third kappa shape index (κ3) is 3.20. The smallest absolute Gasteiger partial charge is 0.272 e. The molecule has 0 atom stereocenters. The first-order valence-electron chi connectivity index (χ1n) is 8.84. The average molecular weight is 374 g/mol. The molecule has 0 aliphatic rings. The van der Waals surface area contributed by atoms with E-state index in [4.69, 9.17) is 11.5 Å². The molecule has 6 heteroatoms. The van der Waals surface area contributed by atoms with Gasteiger partial charge in [0.05, 0.1) is 22.5 Å². The van der Waals surface area contributed by atoms with E-state index in [0.29, 0.717) is 34.3 Å². The van der Waals surface area contributed by atoms with Crippen LogP contribution in [0.5, 0.6) is 0 Å². The van der Waals surface area contributed by atoms with Crippen molar-refractivity contribution in [2.24, 2.45) is 0 Å². The molecular weight excluding hydrogens is 355 g/mol. The summed E-state index contributed by atoms with van der Waals surface area (Å²) in [5.41, 5.74) is 16.0. The lowest BCUT2D eigenvalue weighted by atomic mass is 9.98. The molecule has 0 fully saturated rings. The molecule has 0 aliphatic heterocycles. The van der Waals surface area contributed by atoms with Gasteiger partial charge < -0.3 is 11.5 Å². The van der Waals surface area contributed by atoms with Crippen LogP contribution < -0.4 is 17.0 Å². The number of rotatable bonds is 3. The maximum Gasteiger partial charge on any atom is 0.272 e. The highest BCUT2D eigenvalue weighted by Crippen LogP contribution is 2.29. The molecule has 3 aromatic carbocycles. The standard InChI is InChI=1S/C22H19FN4O/c1-12-2-5-15-17(8-12)22(28)27-26-21(15)10-13-3-6-18(23)16(9-13)14-4-7-19(24)20(25)11-14/h2-9,11H,10,24-25H2,1H3,(H,27,28). The second-order valence-electron chi connectivity index (χ2n) is 6.88. The van der Waals surface area contributed by atoms with Crippen molar-refractivity contribution in [3.8, 4) is 11.1 Å². The molecule has 4 rings (SSSR count). The van der Waals surface area contributed by atoms with Crippen LogP contribution in [0.15, 0.2) is 59.4 Å².